The van der Waals surface area contributed by atoms with Crippen molar-refractivity contribution >= 4 is 11.6 Å². The van der Waals surface area contributed by atoms with Crippen molar-refractivity contribution in [2.75, 3.05) is 25.3 Å². The molecule has 118 valence electrons. The molecule has 0 unspecified atom stereocenters. The summed E-state index contributed by atoms with van der Waals surface area (Å²) < 4.78 is 35.7. The Hall–Kier alpha value is -2.64. The first kappa shape index (κ1) is 15.7. The molecule has 0 atom stereocenters. The number of benzene rings is 1. The highest BCUT2D eigenvalue weighted by Gasteiger charge is 2.13. The first-order valence-electron chi connectivity index (χ1n) is 6.41. The third kappa shape index (κ3) is 3.72. The van der Waals surface area contributed by atoms with Gasteiger partial charge >= 0.3 is 0 Å². The zero-order chi connectivity index (χ0) is 16.1. The molecule has 22 heavy (non-hydrogen) atoms. The highest BCUT2D eigenvalue weighted by Crippen LogP contribution is 2.25. The molecule has 8 heteroatoms. The lowest BCUT2D eigenvalue weighted by Gasteiger charge is -2.12. The van der Waals surface area contributed by atoms with Crippen LogP contribution in [-0.2, 0) is 6.54 Å². The summed E-state index contributed by atoms with van der Waals surface area (Å²) in [5, 5.41) is 2.92. The Labute approximate surface area is 126 Å². The topological polar surface area (TPSA) is 82.3 Å². The molecule has 0 saturated carbocycles. The van der Waals surface area contributed by atoms with Crippen LogP contribution in [0.15, 0.2) is 24.3 Å². The van der Waals surface area contributed by atoms with Gasteiger partial charge in [0, 0.05) is 24.2 Å². The van der Waals surface area contributed by atoms with Gasteiger partial charge in [-0.15, -0.1) is 0 Å². The number of hydrogen-bond acceptors (Lipinski definition) is 6. The van der Waals surface area contributed by atoms with Gasteiger partial charge in [0.05, 0.1) is 14.2 Å². The molecule has 0 radical (unpaired) electrons. The lowest BCUT2D eigenvalue weighted by molar-refractivity contribution is 0.140. The molecular weight excluding hydrogens is 294 g/mol. The Kier molecular flexibility index (Phi) is 4.92. The van der Waals surface area contributed by atoms with Gasteiger partial charge in [-0.25, -0.2) is 18.7 Å². The van der Waals surface area contributed by atoms with E-state index in [-0.39, 0.29) is 11.6 Å². The van der Waals surface area contributed by atoms with Gasteiger partial charge in [-0.2, -0.15) is 0 Å². The highest BCUT2D eigenvalue weighted by atomic mass is 19.3. The van der Waals surface area contributed by atoms with Gasteiger partial charge in [0.2, 0.25) is 0 Å². The Morgan fingerprint density at radius 2 is 1.95 bits per heavy atom. The number of rotatable bonds is 6. The number of ether oxygens (including phenoxy) is 2. The molecule has 1 aromatic carbocycles. The number of hydrogen-bond donors (Lipinski definition) is 2. The molecule has 6 nitrogen and oxygen atoms in total. The zero-order valence-electron chi connectivity index (χ0n) is 12.1. The van der Waals surface area contributed by atoms with Crippen molar-refractivity contribution in [3.05, 3.63) is 35.7 Å². The van der Waals surface area contributed by atoms with Crippen LogP contribution in [0.1, 0.15) is 17.8 Å². The summed E-state index contributed by atoms with van der Waals surface area (Å²) in [6.07, 6.45) is -2.78. The van der Waals surface area contributed by atoms with Gasteiger partial charge in [0.1, 0.15) is 23.1 Å². The first-order chi connectivity index (χ1) is 10.5. The lowest BCUT2D eigenvalue weighted by atomic mass is 10.2. The first-order valence-corrected chi connectivity index (χ1v) is 6.41. The van der Waals surface area contributed by atoms with E-state index in [4.69, 9.17) is 15.2 Å². The third-order valence-corrected chi connectivity index (χ3v) is 2.91. The number of anilines is 2. The molecule has 0 aliphatic heterocycles. The predicted octanol–water partition coefficient (Wildman–Crippen LogP) is 2.63. The second-order valence-electron chi connectivity index (χ2n) is 4.37. The van der Waals surface area contributed by atoms with Crippen molar-refractivity contribution in [3.8, 4) is 11.5 Å². The molecule has 2 rings (SSSR count). The molecule has 1 aromatic heterocycles. The summed E-state index contributed by atoms with van der Waals surface area (Å²) in [5.74, 6) is 0.870. The molecule has 0 aliphatic carbocycles. The van der Waals surface area contributed by atoms with Gasteiger partial charge in [0.25, 0.3) is 6.43 Å². The van der Waals surface area contributed by atoms with Crippen LogP contribution >= 0.6 is 0 Å². The van der Waals surface area contributed by atoms with Gasteiger partial charge in [-0.3, -0.25) is 0 Å². The average molecular weight is 310 g/mol. The smallest absolute Gasteiger partial charge is 0.297 e. The van der Waals surface area contributed by atoms with E-state index in [1.165, 1.54) is 13.2 Å². The number of methoxy groups -OCH3 is 2. The van der Waals surface area contributed by atoms with E-state index in [1.54, 1.807) is 19.2 Å². The average Bonchev–Trinajstić information content (AvgIpc) is 2.52. The zero-order valence-corrected chi connectivity index (χ0v) is 12.1. The minimum atomic E-state index is -2.78. The summed E-state index contributed by atoms with van der Waals surface area (Å²) in [5.41, 5.74) is 6.31. The summed E-state index contributed by atoms with van der Waals surface area (Å²) in [6.45, 7) is 0.326. The van der Waals surface area contributed by atoms with Crippen molar-refractivity contribution in [2.24, 2.45) is 0 Å². The second-order valence-corrected chi connectivity index (χ2v) is 4.37. The fraction of sp³-hybridized carbons (Fsp3) is 0.286. The van der Waals surface area contributed by atoms with Crippen molar-refractivity contribution in [1.29, 1.82) is 0 Å². The quantitative estimate of drug-likeness (QED) is 0.853. The summed E-state index contributed by atoms with van der Waals surface area (Å²) in [4.78, 5) is 7.20. The number of aromatic nitrogens is 2. The Morgan fingerprint density at radius 3 is 2.59 bits per heavy atom. The van der Waals surface area contributed by atoms with E-state index in [0.29, 0.717) is 18.0 Å². The molecule has 0 bridgehead atoms. The van der Waals surface area contributed by atoms with E-state index < -0.39 is 12.2 Å². The van der Waals surface area contributed by atoms with E-state index in [0.717, 1.165) is 5.56 Å². The number of nitrogens with two attached hydrogens (primary N) is 1. The molecule has 0 amide bonds. The van der Waals surface area contributed by atoms with E-state index >= 15 is 0 Å². The lowest BCUT2D eigenvalue weighted by Crippen LogP contribution is -2.07. The van der Waals surface area contributed by atoms with Crippen LogP contribution in [0.2, 0.25) is 0 Å². The highest BCUT2D eigenvalue weighted by molar-refractivity contribution is 5.47. The van der Waals surface area contributed by atoms with Crippen LogP contribution in [-0.4, -0.2) is 24.2 Å². The SMILES string of the molecule is COc1ccc(CNc2cc(N)nc(C(F)F)n2)c(OC)c1. The number of nitrogen functional groups attached to an aromatic ring is 1. The summed E-state index contributed by atoms with van der Waals surface area (Å²) >= 11 is 0. The van der Waals surface area contributed by atoms with Crippen LogP contribution in [0.5, 0.6) is 11.5 Å². The molecule has 2 aromatic rings. The Morgan fingerprint density at radius 1 is 1.18 bits per heavy atom. The maximum absolute atomic E-state index is 12.7. The monoisotopic (exact) mass is 310 g/mol. The van der Waals surface area contributed by atoms with Gasteiger partial charge in [-0.1, -0.05) is 0 Å². The third-order valence-electron chi connectivity index (χ3n) is 2.91. The maximum Gasteiger partial charge on any atom is 0.297 e. The normalized spacial score (nSPS) is 10.6. The largest absolute Gasteiger partial charge is 0.497 e. The molecular formula is C14H16F2N4O2. The summed E-state index contributed by atoms with van der Waals surface area (Å²) in [7, 11) is 3.10. The Balaban J connectivity index is 2.16. The molecule has 0 saturated heterocycles. The Bertz CT molecular complexity index is 653. The minimum Gasteiger partial charge on any atom is -0.497 e. The van der Waals surface area contributed by atoms with Gasteiger partial charge in [0.15, 0.2) is 5.82 Å². The van der Waals surface area contributed by atoms with E-state index in [2.05, 4.69) is 15.3 Å². The van der Waals surface area contributed by atoms with Crippen molar-refractivity contribution in [2.45, 2.75) is 13.0 Å². The number of halogens is 2. The molecule has 0 spiro atoms. The van der Waals surface area contributed by atoms with E-state index in [9.17, 15) is 8.78 Å². The predicted molar refractivity (Wildman–Crippen MR) is 78.3 cm³/mol. The van der Waals surface area contributed by atoms with Crippen LogP contribution in [0.3, 0.4) is 0 Å². The summed E-state index contributed by atoms with van der Waals surface area (Å²) in [6, 6.07) is 6.71. The fourth-order valence-corrected chi connectivity index (χ4v) is 1.86. The van der Waals surface area contributed by atoms with E-state index in [1.807, 2.05) is 6.07 Å². The standard InChI is InChI=1S/C14H16F2N4O2/c1-21-9-4-3-8(10(5-9)22-2)7-18-12-6-11(17)19-14(20-12)13(15)16/h3-6,13H,7H2,1-2H3,(H3,17,18,19,20). The van der Waals surface area contributed by atoms with Gasteiger partial charge < -0.3 is 20.5 Å². The number of alkyl halides is 2. The maximum atomic E-state index is 12.7. The van der Waals surface area contributed by atoms with Crippen molar-refractivity contribution in [1.82, 2.24) is 9.97 Å². The number of nitrogens with one attached hydrogen (secondary N) is 1. The van der Waals surface area contributed by atoms with Crippen LogP contribution in [0, 0.1) is 0 Å². The fourth-order valence-electron chi connectivity index (χ4n) is 1.86. The van der Waals surface area contributed by atoms with Crippen LogP contribution in [0.4, 0.5) is 20.4 Å². The molecule has 1 heterocycles. The molecule has 0 aliphatic rings. The second kappa shape index (κ2) is 6.88. The van der Waals surface area contributed by atoms with Crippen molar-refractivity contribution < 1.29 is 18.3 Å². The minimum absolute atomic E-state index is 0.0190. The van der Waals surface area contributed by atoms with Crippen molar-refractivity contribution in [3.63, 3.8) is 0 Å². The van der Waals surface area contributed by atoms with Crippen LogP contribution < -0.4 is 20.5 Å². The van der Waals surface area contributed by atoms with Gasteiger partial charge in [-0.05, 0) is 12.1 Å². The number of nitrogens with zero attached hydrogens (tertiary/aromatic N) is 2. The molecule has 0 fully saturated rings. The molecule has 3 N–H and O–H groups in total. The van der Waals surface area contributed by atoms with Crippen LogP contribution in [0.25, 0.3) is 0 Å².